The van der Waals surface area contributed by atoms with Crippen LogP contribution in [0.3, 0.4) is 0 Å². The predicted octanol–water partition coefficient (Wildman–Crippen LogP) is 4.35. The van der Waals surface area contributed by atoms with Crippen molar-refractivity contribution in [2.45, 2.75) is 31.7 Å². The van der Waals surface area contributed by atoms with E-state index in [2.05, 4.69) is 20.6 Å². The number of fused-ring (bicyclic) bond motifs is 1. The van der Waals surface area contributed by atoms with Crippen LogP contribution in [-0.4, -0.2) is 40.9 Å². The number of benzene rings is 2. The number of amides is 1. The molecular weight excluding hydrogens is 427 g/mol. The quantitative estimate of drug-likeness (QED) is 0.422. The number of carbonyl (C=O) groups excluding carboxylic acids is 1. The maximum Gasteiger partial charge on any atom is 0.272 e. The number of nitrogens with zero attached hydrogens (tertiary/aromatic N) is 4. The van der Waals surface area contributed by atoms with Crippen LogP contribution in [0.25, 0.3) is 10.9 Å². The first-order valence-corrected chi connectivity index (χ1v) is 10.8. The van der Waals surface area contributed by atoms with Gasteiger partial charge in [-0.05, 0) is 43.9 Å². The van der Waals surface area contributed by atoms with Crippen LogP contribution in [0, 0.1) is 21.8 Å². The second kappa shape index (κ2) is 9.35. The standard InChI is InChI=1S/C23H25FN6O3/c1-29(2)21-17-5-3-4-6-19(17)27-23(28-21)25-15-9-7-14(8-10-15)22(31)26-20-12-11-16(30(32)33)13-18(20)24/h3-6,11-15H,7-10H2,1-2H3,(H,26,31)(H,25,27,28). The Morgan fingerprint density at radius 1 is 1.12 bits per heavy atom. The lowest BCUT2D eigenvalue weighted by Crippen LogP contribution is -2.32. The van der Waals surface area contributed by atoms with Gasteiger partial charge >= 0.3 is 0 Å². The van der Waals surface area contributed by atoms with Crippen molar-refractivity contribution in [2.24, 2.45) is 5.92 Å². The van der Waals surface area contributed by atoms with Gasteiger partial charge in [0.1, 0.15) is 5.82 Å². The molecule has 1 heterocycles. The van der Waals surface area contributed by atoms with Gasteiger partial charge in [0.2, 0.25) is 11.9 Å². The first-order chi connectivity index (χ1) is 15.8. The zero-order valence-corrected chi connectivity index (χ0v) is 18.4. The number of rotatable bonds is 6. The summed E-state index contributed by atoms with van der Waals surface area (Å²) < 4.78 is 14.1. The summed E-state index contributed by atoms with van der Waals surface area (Å²) in [5.41, 5.74) is 0.453. The Morgan fingerprint density at radius 3 is 2.52 bits per heavy atom. The third kappa shape index (κ3) is 5.00. The van der Waals surface area contributed by atoms with E-state index in [1.807, 2.05) is 43.3 Å². The summed E-state index contributed by atoms with van der Waals surface area (Å²) in [6, 6.07) is 11.2. The van der Waals surface area contributed by atoms with Gasteiger partial charge < -0.3 is 15.5 Å². The number of carbonyl (C=O) groups is 1. The molecule has 3 aromatic rings. The van der Waals surface area contributed by atoms with Crippen molar-refractivity contribution in [2.75, 3.05) is 29.6 Å². The number of nitrogens with one attached hydrogen (secondary N) is 2. The molecule has 2 aromatic carbocycles. The Hall–Kier alpha value is -3.82. The lowest BCUT2D eigenvalue weighted by molar-refractivity contribution is -0.385. The summed E-state index contributed by atoms with van der Waals surface area (Å²) in [6.07, 6.45) is 2.75. The van der Waals surface area contributed by atoms with E-state index < -0.39 is 10.7 Å². The molecule has 0 bridgehead atoms. The molecular formula is C23H25FN6O3. The van der Waals surface area contributed by atoms with Gasteiger partial charge in [-0.15, -0.1) is 0 Å². The number of hydrogen-bond acceptors (Lipinski definition) is 7. The highest BCUT2D eigenvalue weighted by molar-refractivity contribution is 5.93. The van der Waals surface area contributed by atoms with Gasteiger partial charge in [-0.3, -0.25) is 14.9 Å². The second-order valence-electron chi connectivity index (χ2n) is 8.39. The zero-order valence-electron chi connectivity index (χ0n) is 18.4. The molecule has 1 saturated carbocycles. The third-order valence-electron chi connectivity index (χ3n) is 5.86. The highest BCUT2D eigenvalue weighted by atomic mass is 19.1. The Morgan fingerprint density at radius 2 is 1.85 bits per heavy atom. The summed E-state index contributed by atoms with van der Waals surface area (Å²) >= 11 is 0. The Bertz CT molecular complexity index is 1190. The fourth-order valence-electron chi connectivity index (χ4n) is 4.10. The molecule has 1 aliphatic rings. The average molecular weight is 452 g/mol. The molecule has 0 unspecified atom stereocenters. The topological polar surface area (TPSA) is 113 Å². The lowest BCUT2D eigenvalue weighted by atomic mass is 9.85. The molecule has 1 fully saturated rings. The number of hydrogen-bond donors (Lipinski definition) is 2. The minimum atomic E-state index is -0.821. The van der Waals surface area contributed by atoms with Crippen LogP contribution in [0.2, 0.25) is 0 Å². The smallest absolute Gasteiger partial charge is 0.272 e. The lowest BCUT2D eigenvalue weighted by Gasteiger charge is -2.28. The minimum Gasteiger partial charge on any atom is -0.362 e. The first kappa shape index (κ1) is 22.4. The highest BCUT2D eigenvalue weighted by Crippen LogP contribution is 2.30. The molecule has 1 aliphatic carbocycles. The van der Waals surface area contributed by atoms with Gasteiger partial charge in [-0.2, -0.15) is 4.98 Å². The van der Waals surface area contributed by atoms with Crippen molar-refractivity contribution in [3.05, 3.63) is 58.4 Å². The van der Waals surface area contributed by atoms with Crippen molar-refractivity contribution in [1.82, 2.24) is 9.97 Å². The summed E-state index contributed by atoms with van der Waals surface area (Å²) in [6.45, 7) is 0. The highest BCUT2D eigenvalue weighted by Gasteiger charge is 2.27. The van der Waals surface area contributed by atoms with Gasteiger partial charge in [0.15, 0.2) is 5.82 Å². The molecule has 33 heavy (non-hydrogen) atoms. The minimum absolute atomic E-state index is 0.0494. The van der Waals surface area contributed by atoms with E-state index in [4.69, 9.17) is 0 Å². The molecule has 10 heteroatoms. The maximum absolute atomic E-state index is 14.1. The van der Waals surface area contributed by atoms with Gasteiger partial charge in [0.05, 0.1) is 22.2 Å². The Balaban J connectivity index is 1.37. The molecule has 0 spiro atoms. The van der Waals surface area contributed by atoms with Crippen LogP contribution in [0.5, 0.6) is 0 Å². The predicted molar refractivity (Wildman–Crippen MR) is 125 cm³/mol. The molecule has 1 aromatic heterocycles. The van der Waals surface area contributed by atoms with Crippen molar-refractivity contribution < 1.29 is 14.1 Å². The van der Waals surface area contributed by atoms with Gasteiger partial charge in [0, 0.05) is 37.5 Å². The molecule has 2 N–H and O–H groups in total. The summed E-state index contributed by atoms with van der Waals surface area (Å²) in [4.78, 5) is 33.9. The number of non-ortho nitro benzene ring substituents is 1. The normalized spacial score (nSPS) is 18.0. The molecule has 9 nitrogen and oxygen atoms in total. The molecule has 0 atom stereocenters. The van der Waals surface area contributed by atoms with Crippen molar-refractivity contribution >= 4 is 40.0 Å². The fraction of sp³-hybridized carbons (Fsp3) is 0.348. The van der Waals surface area contributed by atoms with Crippen molar-refractivity contribution in [3.63, 3.8) is 0 Å². The second-order valence-corrected chi connectivity index (χ2v) is 8.39. The van der Waals surface area contributed by atoms with Crippen LogP contribution < -0.4 is 15.5 Å². The SMILES string of the molecule is CN(C)c1nc(NC2CCC(C(=O)Nc3ccc([N+](=O)[O-])cc3F)CC2)nc2ccccc12. The number of aromatic nitrogens is 2. The number of nitro groups is 1. The van der Waals surface area contributed by atoms with Crippen LogP contribution in [0.15, 0.2) is 42.5 Å². The third-order valence-corrected chi connectivity index (χ3v) is 5.86. The van der Waals surface area contributed by atoms with Gasteiger partial charge in [-0.1, -0.05) is 12.1 Å². The molecule has 0 radical (unpaired) electrons. The molecule has 0 aliphatic heterocycles. The fourth-order valence-corrected chi connectivity index (χ4v) is 4.10. The van der Waals surface area contributed by atoms with E-state index in [9.17, 15) is 19.3 Å². The number of halogens is 1. The Labute approximate surface area is 190 Å². The van der Waals surface area contributed by atoms with E-state index in [1.54, 1.807) is 0 Å². The number of anilines is 3. The van der Waals surface area contributed by atoms with Gasteiger partial charge in [-0.25, -0.2) is 9.37 Å². The van der Waals surface area contributed by atoms with E-state index in [0.29, 0.717) is 18.8 Å². The summed E-state index contributed by atoms with van der Waals surface area (Å²) in [5, 5.41) is 17.7. The summed E-state index contributed by atoms with van der Waals surface area (Å²) in [5.74, 6) is 0.0307. The van der Waals surface area contributed by atoms with Crippen LogP contribution in [0.1, 0.15) is 25.7 Å². The van der Waals surface area contributed by atoms with Crippen LogP contribution in [-0.2, 0) is 4.79 Å². The van der Waals surface area contributed by atoms with E-state index in [0.717, 1.165) is 35.6 Å². The average Bonchev–Trinajstić information content (AvgIpc) is 2.80. The first-order valence-electron chi connectivity index (χ1n) is 10.8. The zero-order chi connectivity index (χ0) is 23.5. The van der Waals surface area contributed by atoms with Crippen molar-refractivity contribution in [1.29, 1.82) is 0 Å². The van der Waals surface area contributed by atoms with E-state index >= 15 is 0 Å². The molecule has 4 rings (SSSR count). The maximum atomic E-state index is 14.1. The van der Waals surface area contributed by atoms with E-state index in [-0.39, 0.29) is 29.2 Å². The molecule has 0 saturated heterocycles. The van der Waals surface area contributed by atoms with Crippen molar-refractivity contribution in [3.8, 4) is 0 Å². The Kier molecular flexibility index (Phi) is 6.34. The van der Waals surface area contributed by atoms with Crippen LogP contribution in [0.4, 0.5) is 27.5 Å². The number of para-hydroxylation sites is 1. The van der Waals surface area contributed by atoms with Crippen LogP contribution >= 0.6 is 0 Å². The summed E-state index contributed by atoms with van der Waals surface area (Å²) in [7, 11) is 3.88. The molecule has 1 amide bonds. The number of nitro benzene ring substituents is 1. The largest absolute Gasteiger partial charge is 0.362 e. The molecule has 172 valence electrons. The van der Waals surface area contributed by atoms with Gasteiger partial charge in [0.25, 0.3) is 5.69 Å². The monoisotopic (exact) mass is 452 g/mol. The van der Waals surface area contributed by atoms with E-state index in [1.165, 1.54) is 12.1 Å².